The zero-order chi connectivity index (χ0) is 9.14. The first-order valence-corrected chi connectivity index (χ1v) is 11.0. The van der Waals surface area contributed by atoms with E-state index in [0.29, 0.717) is 5.56 Å². The molecule has 0 saturated carbocycles. The summed E-state index contributed by atoms with van der Waals surface area (Å²) in [6, 6.07) is 4.18. The molecule has 0 aliphatic rings. The molecule has 0 spiro atoms. The van der Waals surface area contributed by atoms with E-state index in [2.05, 4.69) is 27.0 Å². The zero-order valence-electron chi connectivity index (χ0n) is 7.55. The Kier molecular flexibility index (Phi) is 3.10. The second-order valence-corrected chi connectivity index (χ2v) is 10.2. The first-order chi connectivity index (χ1) is 5.65. The minimum absolute atomic E-state index is 0.698. The summed E-state index contributed by atoms with van der Waals surface area (Å²) in [5.41, 5.74) is 1.76. The van der Waals surface area contributed by atoms with Crippen molar-refractivity contribution < 1.29 is 0 Å². The molecule has 1 aromatic rings. The van der Waals surface area contributed by atoms with Crippen molar-refractivity contribution in [2.24, 2.45) is 0 Å². The van der Waals surface area contributed by atoms with Crippen LogP contribution >= 0.6 is 0 Å². The number of rotatable bonds is 1. The van der Waals surface area contributed by atoms with Gasteiger partial charge in [0.05, 0.1) is 0 Å². The molecule has 0 aliphatic heterocycles. The Hall–Kier alpha value is -0.561. The standard InChI is InChI=1S/C7H5N2.2CH3.Sn/c1-6-2-3-9-5-7(6)4-8;;;/h2,5H,1H3;2*1H3;. The molecule has 0 N–H and O–H groups in total. The summed E-state index contributed by atoms with van der Waals surface area (Å²) in [6.07, 6.45) is 1.69. The minimum atomic E-state index is -1.32. The number of hydrogen-bond acceptors (Lipinski definition) is 2. The molecule has 0 unspecified atom stereocenters. The van der Waals surface area contributed by atoms with Gasteiger partial charge in [0.2, 0.25) is 0 Å². The van der Waals surface area contributed by atoms with Crippen LogP contribution in [0, 0.1) is 18.3 Å². The SMILES string of the molecule is Cc1c[c]([Sn]([CH3])[CH3])ncc1C#N. The van der Waals surface area contributed by atoms with Crippen LogP contribution in [-0.4, -0.2) is 24.7 Å². The summed E-state index contributed by atoms with van der Waals surface area (Å²) in [6.45, 7) is 1.97. The molecule has 2 nitrogen and oxygen atoms in total. The quantitative estimate of drug-likeness (QED) is 0.716. The molecule has 0 atom stereocenters. The number of nitriles is 1. The van der Waals surface area contributed by atoms with Gasteiger partial charge in [-0.3, -0.25) is 0 Å². The zero-order valence-corrected chi connectivity index (χ0v) is 10.4. The molecule has 1 heterocycles. The van der Waals surface area contributed by atoms with Gasteiger partial charge in [0.15, 0.2) is 0 Å². The molecule has 0 aliphatic carbocycles. The van der Waals surface area contributed by atoms with Crippen molar-refractivity contribution in [2.75, 3.05) is 0 Å². The summed E-state index contributed by atoms with van der Waals surface area (Å²) in [5, 5.41) is 8.67. The summed E-state index contributed by atoms with van der Waals surface area (Å²) < 4.78 is 1.24. The predicted octanol–water partition coefficient (Wildman–Crippen LogP) is 1.22. The molecular formula is C9H11N2Sn. The van der Waals surface area contributed by atoms with Crippen molar-refractivity contribution in [3.05, 3.63) is 23.4 Å². The Balaban J connectivity index is 3.12. The van der Waals surface area contributed by atoms with Crippen molar-refractivity contribution in [1.82, 2.24) is 4.98 Å². The fourth-order valence-electron chi connectivity index (χ4n) is 0.946. The van der Waals surface area contributed by atoms with Crippen molar-refractivity contribution in [1.29, 1.82) is 5.26 Å². The van der Waals surface area contributed by atoms with E-state index >= 15 is 0 Å². The predicted molar refractivity (Wildman–Crippen MR) is 50.8 cm³/mol. The van der Waals surface area contributed by atoms with E-state index in [1.807, 2.05) is 6.92 Å². The van der Waals surface area contributed by atoms with Gasteiger partial charge in [0.1, 0.15) is 0 Å². The molecular weight excluding hydrogens is 255 g/mol. The number of pyridine rings is 1. The molecule has 0 saturated heterocycles. The van der Waals surface area contributed by atoms with Crippen molar-refractivity contribution in [3.8, 4) is 6.07 Å². The van der Waals surface area contributed by atoms with Gasteiger partial charge in [-0.15, -0.1) is 0 Å². The van der Waals surface area contributed by atoms with Gasteiger partial charge in [-0.2, -0.15) is 0 Å². The molecule has 12 heavy (non-hydrogen) atoms. The molecule has 1 radical (unpaired) electrons. The topological polar surface area (TPSA) is 36.7 Å². The van der Waals surface area contributed by atoms with Crippen LogP contribution in [-0.2, 0) is 0 Å². The Labute approximate surface area is 80.0 Å². The average molecular weight is 266 g/mol. The molecule has 1 aromatic heterocycles. The maximum absolute atomic E-state index is 8.67. The van der Waals surface area contributed by atoms with Gasteiger partial charge in [-0.25, -0.2) is 0 Å². The van der Waals surface area contributed by atoms with E-state index in [4.69, 9.17) is 5.26 Å². The Bertz CT molecular complexity index is 326. The first-order valence-electron chi connectivity index (χ1n) is 3.82. The molecule has 61 valence electrons. The third-order valence-corrected chi connectivity index (χ3v) is 5.45. The van der Waals surface area contributed by atoms with Crippen LogP contribution in [0.2, 0.25) is 9.88 Å². The molecule has 1 rings (SSSR count). The second-order valence-electron chi connectivity index (χ2n) is 3.00. The van der Waals surface area contributed by atoms with Gasteiger partial charge < -0.3 is 0 Å². The van der Waals surface area contributed by atoms with Crippen LogP contribution in [0.1, 0.15) is 11.1 Å². The van der Waals surface area contributed by atoms with E-state index in [9.17, 15) is 0 Å². The molecule has 3 heteroatoms. The number of aryl methyl sites for hydroxylation is 1. The molecule has 0 fully saturated rings. The van der Waals surface area contributed by atoms with Crippen molar-refractivity contribution in [2.45, 2.75) is 16.8 Å². The van der Waals surface area contributed by atoms with Gasteiger partial charge in [-0.05, 0) is 0 Å². The van der Waals surface area contributed by atoms with Crippen LogP contribution in [0.3, 0.4) is 0 Å². The molecule has 0 aromatic carbocycles. The van der Waals surface area contributed by atoms with E-state index in [-0.39, 0.29) is 0 Å². The monoisotopic (exact) mass is 267 g/mol. The normalized spacial score (nSPS) is 9.92. The van der Waals surface area contributed by atoms with E-state index in [0.717, 1.165) is 5.56 Å². The number of hydrogen-bond donors (Lipinski definition) is 0. The summed E-state index contributed by atoms with van der Waals surface area (Å²) >= 11 is -1.32. The molecule has 0 amide bonds. The fourth-order valence-corrected chi connectivity index (χ4v) is 3.31. The summed E-state index contributed by atoms with van der Waals surface area (Å²) in [4.78, 5) is 8.85. The Morgan fingerprint density at radius 1 is 1.50 bits per heavy atom. The van der Waals surface area contributed by atoms with Gasteiger partial charge in [0.25, 0.3) is 0 Å². The van der Waals surface area contributed by atoms with E-state index in [1.165, 1.54) is 3.71 Å². The van der Waals surface area contributed by atoms with Gasteiger partial charge in [-0.1, -0.05) is 0 Å². The van der Waals surface area contributed by atoms with Gasteiger partial charge in [0, 0.05) is 0 Å². The van der Waals surface area contributed by atoms with Gasteiger partial charge >= 0.3 is 80.0 Å². The Morgan fingerprint density at radius 2 is 2.17 bits per heavy atom. The summed E-state index contributed by atoms with van der Waals surface area (Å²) in [5.74, 6) is 0. The second kappa shape index (κ2) is 3.90. The van der Waals surface area contributed by atoms with Crippen LogP contribution in [0.4, 0.5) is 0 Å². The molecule has 0 bridgehead atoms. The third kappa shape index (κ3) is 1.98. The van der Waals surface area contributed by atoms with Crippen LogP contribution in [0.25, 0.3) is 0 Å². The van der Waals surface area contributed by atoms with Crippen molar-refractivity contribution >= 4 is 23.5 Å². The van der Waals surface area contributed by atoms with Crippen LogP contribution in [0.15, 0.2) is 12.3 Å². The van der Waals surface area contributed by atoms with E-state index < -0.39 is 19.8 Å². The van der Waals surface area contributed by atoms with E-state index in [1.54, 1.807) is 6.20 Å². The van der Waals surface area contributed by atoms with Crippen LogP contribution < -0.4 is 3.71 Å². The first kappa shape index (κ1) is 9.53. The number of aromatic nitrogens is 1. The fraction of sp³-hybridized carbons (Fsp3) is 0.333. The average Bonchev–Trinajstić information content (AvgIpc) is 2.04. The maximum atomic E-state index is 8.67. The summed E-state index contributed by atoms with van der Waals surface area (Å²) in [7, 11) is 0. The van der Waals surface area contributed by atoms with Crippen molar-refractivity contribution in [3.63, 3.8) is 0 Å². The van der Waals surface area contributed by atoms with Crippen LogP contribution in [0.5, 0.6) is 0 Å². The third-order valence-electron chi connectivity index (χ3n) is 1.74. The Morgan fingerprint density at radius 3 is 2.58 bits per heavy atom. The number of nitrogens with zero attached hydrogens (tertiary/aromatic N) is 2.